The Kier molecular flexibility index (Phi) is 3.06. The third-order valence-corrected chi connectivity index (χ3v) is 4.85. The molecule has 0 saturated heterocycles. The summed E-state index contributed by atoms with van der Waals surface area (Å²) in [5.41, 5.74) is 3.90. The van der Waals surface area contributed by atoms with Crippen LogP contribution in [0, 0.1) is 0 Å². The Bertz CT molecular complexity index is 927. The largest absolute Gasteiger partial charge is 0.260 e. The highest BCUT2D eigenvalue weighted by Gasteiger charge is 2.10. The number of thiophene rings is 2. The van der Waals surface area contributed by atoms with E-state index in [2.05, 4.69) is 25.5 Å². The van der Waals surface area contributed by atoms with E-state index >= 15 is 0 Å². The highest BCUT2D eigenvalue weighted by molar-refractivity contribution is 7.25. The lowest BCUT2D eigenvalue weighted by Crippen LogP contribution is -1.93. The van der Waals surface area contributed by atoms with Crippen molar-refractivity contribution in [2.24, 2.45) is 5.10 Å². The number of aromatic nitrogens is 3. The predicted octanol–water partition coefficient (Wildman–Crippen LogP) is 3.75. The first-order valence-electron chi connectivity index (χ1n) is 6.22. The summed E-state index contributed by atoms with van der Waals surface area (Å²) in [4.78, 5) is 15.0. The zero-order valence-electron chi connectivity index (χ0n) is 10.7. The number of rotatable bonds is 3. The molecule has 0 spiro atoms. The number of nitrogens with one attached hydrogen (secondary N) is 1. The summed E-state index contributed by atoms with van der Waals surface area (Å²) in [6.45, 7) is 0. The van der Waals surface area contributed by atoms with E-state index in [1.54, 1.807) is 41.4 Å². The zero-order chi connectivity index (χ0) is 14.1. The van der Waals surface area contributed by atoms with Gasteiger partial charge in [0.2, 0.25) is 0 Å². The zero-order valence-corrected chi connectivity index (χ0v) is 12.4. The Morgan fingerprint density at radius 3 is 3.05 bits per heavy atom. The maximum atomic E-state index is 4.37. The van der Waals surface area contributed by atoms with E-state index in [1.807, 2.05) is 29.6 Å². The van der Waals surface area contributed by atoms with Gasteiger partial charge < -0.3 is 0 Å². The smallest absolute Gasteiger partial charge is 0.167 e. The van der Waals surface area contributed by atoms with Crippen LogP contribution < -0.4 is 5.43 Å². The van der Waals surface area contributed by atoms with Gasteiger partial charge in [-0.05, 0) is 23.6 Å². The molecule has 0 aliphatic rings. The van der Waals surface area contributed by atoms with Crippen LogP contribution in [-0.4, -0.2) is 21.2 Å². The maximum Gasteiger partial charge on any atom is 0.167 e. The van der Waals surface area contributed by atoms with E-state index in [0.717, 1.165) is 25.3 Å². The van der Waals surface area contributed by atoms with Crippen LogP contribution in [0.5, 0.6) is 0 Å². The molecule has 0 aliphatic heterocycles. The third-order valence-electron chi connectivity index (χ3n) is 2.93. The quantitative estimate of drug-likeness (QED) is 0.462. The molecule has 1 N–H and O–H groups in total. The highest BCUT2D eigenvalue weighted by atomic mass is 32.1. The van der Waals surface area contributed by atoms with Gasteiger partial charge in [-0.15, -0.1) is 22.7 Å². The van der Waals surface area contributed by atoms with Crippen LogP contribution in [0.3, 0.4) is 0 Å². The second-order valence-electron chi connectivity index (χ2n) is 4.24. The van der Waals surface area contributed by atoms with Gasteiger partial charge >= 0.3 is 0 Å². The van der Waals surface area contributed by atoms with Crippen molar-refractivity contribution < 1.29 is 0 Å². The number of hydrogen-bond acceptors (Lipinski definition) is 7. The summed E-state index contributed by atoms with van der Waals surface area (Å²) in [5.74, 6) is 0.704. The SMILES string of the molecule is C(=NNc1ncnc2c1sc1ncccc12)c1cccs1. The van der Waals surface area contributed by atoms with Gasteiger partial charge in [0.05, 0.1) is 16.4 Å². The highest BCUT2D eigenvalue weighted by Crippen LogP contribution is 2.34. The van der Waals surface area contributed by atoms with Crippen molar-refractivity contribution in [3.05, 3.63) is 47.0 Å². The van der Waals surface area contributed by atoms with E-state index in [0.29, 0.717) is 5.82 Å². The number of anilines is 1. The standard InChI is InChI=1S/C14H9N5S2/c1-4-10-11-12(21-14(10)15-5-1)13(17-8-16-11)19-18-7-9-3-2-6-20-9/h1-8H,(H,16,17,19). The predicted molar refractivity (Wildman–Crippen MR) is 88.3 cm³/mol. The van der Waals surface area contributed by atoms with Gasteiger partial charge in [0.15, 0.2) is 5.82 Å². The van der Waals surface area contributed by atoms with E-state index in [9.17, 15) is 0 Å². The van der Waals surface area contributed by atoms with Crippen molar-refractivity contribution >= 4 is 55.1 Å². The molecular formula is C14H9N5S2. The summed E-state index contributed by atoms with van der Waals surface area (Å²) in [6, 6.07) is 7.94. The topological polar surface area (TPSA) is 63.1 Å². The van der Waals surface area contributed by atoms with Crippen LogP contribution in [0.25, 0.3) is 20.4 Å². The molecule has 4 heterocycles. The number of pyridine rings is 1. The third kappa shape index (κ3) is 2.26. The van der Waals surface area contributed by atoms with Gasteiger partial charge in [0, 0.05) is 16.5 Å². The van der Waals surface area contributed by atoms with Crippen LogP contribution >= 0.6 is 22.7 Å². The molecule has 4 rings (SSSR count). The number of hydrogen-bond donors (Lipinski definition) is 1. The average Bonchev–Trinajstić information content (AvgIpc) is 3.15. The summed E-state index contributed by atoms with van der Waals surface area (Å²) in [6.07, 6.45) is 5.11. The summed E-state index contributed by atoms with van der Waals surface area (Å²) in [7, 11) is 0. The van der Waals surface area contributed by atoms with Crippen LogP contribution in [0.1, 0.15) is 4.88 Å². The van der Waals surface area contributed by atoms with E-state index < -0.39 is 0 Å². The Morgan fingerprint density at radius 1 is 1.14 bits per heavy atom. The number of hydrazone groups is 1. The van der Waals surface area contributed by atoms with E-state index in [-0.39, 0.29) is 0 Å². The van der Waals surface area contributed by atoms with Crippen LogP contribution in [0.15, 0.2) is 47.3 Å². The molecular weight excluding hydrogens is 302 g/mol. The molecule has 4 aromatic rings. The first-order valence-corrected chi connectivity index (χ1v) is 7.92. The molecule has 0 atom stereocenters. The second-order valence-corrected chi connectivity index (χ2v) is 6.22. The minimum Gasteiger partial charge on any atom is -0.260 e. The monoisotopic (exact) mass is 311 g/mol. The molecule has 0 bridgehead atoms. The summed E-state index contributed by atoms with van der Waals surface area (Å²) in [5, 5.41) is 7.30. The molecule has 4 aromatic heterocycles. The molecule has 0 amide bonds. The van der Waals surface area contributed by atoms with Crippen molar-refractivity contribution in [3.8, 4) is 0 Å². The molecule has 7 heteroatoms. The molecule has 0 aromatic carbocycles. The van der Waals surface area contributed by atoms with Gasteiger partial charge in [0.25, 0.3) is 0 Å². The Labute approximate surface area is 128 Å². The molecule has 0 unspecified atom stereocenters. The molecule has 21 heavy (non-hydrogen) atoms. The van der Waals surface area contributed by atoms with Gasteiger partial charge in [0.1, 0.15) is 11.2 Å². The fourth-order valence-corrected chi connectivity index (χ4v) is 3.63. The summed E-state index contributed by atoms with van der Waals surface area (Å²) < 4.78 is 0.967. The van der Waals surface area contributed by atoms with Crippen LogP contribution in [0.4, 0.5) is 5.82 Å². The fourth-order valence-electron chi connectivity index (χ4n) is 2.01. The van der Waals surface area contributed by atoms with Crippen molar-refractivity contribution in [1.82, 2.24) is 15.0 Å². The van der Waals surface area contributed by atoms with Gasteiger partial charge in [-0.25, -0.2) is 15.0 Å². The lowest BCUT2D eigenvalue weighted by Gasteiger charge is -1.99. The fraction of sp³-hybridized carbons (Fsp3) is 0. The molecule has 0 aliphatic carbocycles. The van der Waals surface area contributed by atoms with Crippen LogP contribution in [0.2, 0.25) is 0 Å². The van der Waals surface area contributed by atoms with Crippen molar-refractivity contribution in [1.29, 1.82) is 0 Å². The normalized spacial score (nSPS) is 11.6. The lowest BCUT2D eigenvalue weighted by atomic mass is 10.3. The Hall–Kier alpha value is -2.38. The van der Waals surface area contributed by atoms with Crippen molar-refractivity contribution in [2.75, 3.05) is 5.43 Å². The minimum atomic E-state index is 0.704. The average molecular weight is 311 g/mol. The van der Waals surface area contributed by atoms with Gasteiger partial charge in [-0.2, -0.15) is 5.10 Å². The van der Waals surface area contributed by atoms with Crippen molar-refractivity contribution in [2.45, 2.75) is 0 Å². The molecule has 5 nitrogen and oxygen atoms in total. The number of fused-ring (bicyclic) bond motifs is 3. The van der Waals surface area contributed by atoms with Gasteiger partial charge in [-0.1, -0.05) is 6.07 Å². The molecule has 0 radical (unpaired) electrons. The lowest BCUT2D eigenvalue weighted by molar-refractivity contribution is 1.19. The van der Waals surface area contributed by atoms with E-state index in [4.69, 9.17) is 0 Å². The molecule has 0 saturated carbocycles. The first kappa shape index (κ1) is 12.4. The van der Waals surface area contributed by atoms with Gasteiger partial charge in [-0.3, -0.25) is 5.43 Å². The first-order chi connectivity index (χ1) is 10.4. The maximum absolute atomic E-state index is 4.37. The Balaban J connectivity index is 1.75. The Morgan fingerprint density at radius 2 is 2.14 bits per heavy atom. The number of nitrogens with zero attached hydrogens (tertiary/aromatic N) is 4. The molecule has 102 valence electrons. The minimum absolute atomic E-state index is 0.704. The van der Waals surface area contributed by atoms with Crippen molar-refractivity contribution in [3.63, 3.8) is 0 Å². The second kappa shape index (κ2) is 5.19. The summed E-state index contributed by atoms with van der Waals surface area (Å²) >= 11 is 3.20. The molecule has 0 fully saturated rings. The van der Waals surface area contributed by atoms with E-state index in [1.165, 1.54) is 0 Å². The van der Waals surface area contributed by atoms with Crippen LogP contribution in [-0.2, 0) is 0 Å².